The first-order valence-corrected chi connectivity index (χ1v) is 8.30. The van der Waals surface area contributed by atoms with Gasteiger partial charge in [-0.1, -0.05) is 18.2 Å². The number of hydrogen-bond acceptors (Lipinski definition) is 7. The van der Waals surface area contributed by atoms with E-state index in [0.717, 1.165) is 17.1 Å². The molecule has 0 bridgehead atoms. The van der Waals surface area contributed by atoms with Crippen LogP contribution in [0.3, 0.4) is 0 Å². The van der Waals surface area contributed by atoms with Gasteiger partial charge in [-0.25, -0.2) is 23.2 Å². The van der Waals surface area contributed by atoms with Gasteiger partial charge in [0.2, 0.25) is 5.82 Å². The summed E-state index contributed by atoms with van der Waals surface area (Å²) in [6.45, 7) is 1.95. The lowest BCUT2D eigenvalue weighted by Crippen LogP contribution is -2.68. The second-order valence-electron chi connectivity index (χ2n) is 4.29. The first kappa shape index (κ1) is 18.6. The van der Waals surface area contributed by atoms with E-state index < -0.39 is 10.2 Å². The van der Waals surface area contributed by atoms with E-state index in [1.165, 1.54) is 4.90 Å². The molecule has 2 N–H and O–H groups in total. The Bertz CT molecular complexity index is 602. The molecule has 2 rings (SSSR count). The lowest BCUT2D eigenvalue weighted by atomic mass is 10.3. The van der Waals surface area contributed by atoms with Gasteiger partial charge in [0.15, 0.2) is 0 Å². The fraction of sp³-hybridized carbons (Fsp3) is 0.231. The molecule has 0 radical (unpaired) electrons. The Morgan fingerprint density at radius 2 is 1.73 bits per heavy atom. The number of nitrogens with two attached hydrogens (primary N) is 1. The van der Waals surface area contributed by atoms with Gasteiger partial charge in [0.05, 0.1) is 12.6 Å². The normalized spacial score (nSPS) is 10.8. The average molecular weight is 346 g/mol. The van der Waals surface area contributed by atoms with Crippen LogP contribution in [0.2, 0.25) is 0 Å². The van der Waals surface area contributed by atoms with E-state index in [4.69, 9.17) is 24.4 Å². The number of rotatable bonds is 3. The number of nitrogens with zero attached hydrogens (tertiary/aromatic N) is 2. The Balaban J connectivity index is 0.000000422. The van der Waals surface area contributed by atoms with Crippen LogP contribution in [0.15, 0.2) is 41.4 Å². The minimum atomic E-state index is -4.94. The van der Waals surface area contributed by atoms with E-state index in [2.05, 4.69) is 17.1 Å². The zero-order valence-corrected chi connectivity index (χ0v) is 13.6. The second kappa shape index (κ2) is 8.28. The molecule has 0 unspecified atom stereocenters. The first-order valence-electron chi connectivity index (χ1n) is 6.08. The van der Waals surface area contributed by atoms with E-state index in [9.17, 15) is 0 Å². The summed E-state index contributed by atoms with van der Waals surface area (Å²) in [5, 5.41) is 0. The van der Waals surface area contributed by atoms with Crippen molar-refractivity contribution < 1.29 is 33.4 Å². The van der Waals surface area contributed by atoms with Crippen molar-refractivity contribution in [2.45, 2.75) is 17.6 Å². The summed E-state index contributed by atoms with van der Waals surface area (Å²) in [5.41, 5.74) is 6.99. The van der Waals surface area contributed by atoms with Crippen molar-refractivity contribution in [3.63, 3.8) is 0 Å². The largest absolute Gasteiger partial charge is 0.363 e. The molecule has 0 amide bonds. The number of aryl methyl sites for hydroxylation is 2. The summed E-state index contributed by atoms with van der Waals surface area (Å²) in [7, 11) is -2.96. The number of hydrogen-bond donors (Lipinski definition) is 1. The third kappa shape index (κ3) is 7.55. The van der Waals surface area contributed by atoms with Crippen LogP contribution in [0, 0.1) is 17.2 Å². The molecule has 120 valence electrons. The fourth-order valence-corrected chi connectivity index (χ4v) is 2.40. The van der Waals surface area contributed by atoms with Crippen molar-refractivity contribution in [3.05, 3.63) is 47.9 Å². The molecule has 2 aromatic rings. The predicted octanol–water partition coefficient (Wildman–Crippen LogP) is -2.67. The summed E-state index contributed by atoms with van der Waals surface area (Å²) < 4.78 is 36.0. The Kier molecular flexibility index (Phi) is 7.01. The molecule has 0 fully saturated rings. The van der Waals surface area contributed by atoms with E-state index in [-0.39, 0.29) is 0 Å². The van der Waals surface area contributed by atoms with Gasteiger partial charge in [-0.05, 0) is 17.1 Å². The van der Waals surface area contributed by atoms with Crippen molar-refractivity contribution in [2.75, 3.05) is 5.73 Å². The van der Waals surface area contributed by atoms with E-state index in [1.54, 1.807) is 11.8 Å². The summed E-state index contributed by atoms with van der Waals surface area (Å²) in [4.78, 5) is 5.56. The highest BCUT2D eigenvalue weighted by Crippen LogP contribution is 2.23. The third-order valence-electron chi connectivity index (χ3n) is 2.61. The van der Waals surface area contributed by atoms with Gasteiger partial charge >= 0.3 is 0 Å². The molecule has 7 nitrogen and oxygen atoms in total. The molecule has 0 aliphatic heterocycles. The summed E-state index contributed by atoms with van der Waals surface area (Å²) in [6, 6.07) is 10.3. The van der Waals surface area contributed by atoms with Gasteiger partial charge in [-0.15, -0.1) is 22.0 Å². The Hall–Kier alpha value is -1.42. The molecule has 0 spiro atoms. The smallest absolute Gasteiger partial charge is 0.297 e. The SMILES string of the molecule is Cc1nc(N)c(CSc2ccccc2)c[n+]1C.[O-][Cl+3]([O-])([O-])[O-]. The second-order valence-corrected chi connectivity index (χ2v) is 6.09. The topological polar surface area (TPSA) is 135 Å². The number of benzene rings is 1. The zero-order chi connectivity index (χ0) is 16.8. The molecule has 0 aliphatic carbocycles. The fourth-order valence-electron chi connectivity index (χ4n) is 1.51. The van der Waals surface area contributed by atoms with Crippen LogP contribution in [-0.4, -0.2) is 4.98 Å². The molecule has 9 heteroatoms. The molecule has 22 heavy (non-hydrogen) atoms. The maximum atomic E-state index is 8.49. The van der Waals surface area contributed by atoms with E-state index in [1.807, 2.05) is 42.9 Å². The number of aromatic nitrogens is 2. The van der Waals surface area contributed by atoms with Gasteiger partial charge < -0.3 is 5.73 Å². The highest BCUT2D eigenvalue weighted by Gasteiger charge is 2.12. The maximum absolute atomic E-state index is 8.49. The molecule has 1 heterocycles. The Labute approximate surface area is 134 Å². The molecular weight excluding hydrogens is 330 g/mol. The lowest BCUT2D eigenvalue weighted by Gasteiger charge is -2.17. The van der Waals surface area contributed by atoms with Gasteiger partial charge in [0, 0.05) is 17.6 Å². The molecule has 1 aromatic heterocycles. The molecule has 1 aromatic carbocycles. The molecule has 0 atom stereocenters. The number of thioether (sulfide) groups is 1. The zero-order valence-electron chi connectivity index (χ0n) is 12.1. The van der Waals surface area contributed by atoms with Crippen LogP contribution >= 0.6 is 11.8 Å². The van der Waals surface area contributed by atoms with Crippen molar-refractivity contribution in [1.29, 1.82) is 0 Å². The third-order valence-corrected chi connectivity index (χ3v) is 3.67. The summed E-state index contributed by atoms with van der Waals surface area (Å²) in [6.07, 6.45) is 2.05. The maximum Gasteiger partial charge on any atom is 0.297 e. The molecule has 0 saturated carbocycles. The van der Waals surface area contributed by atoms with Crippen LogP contribution in [0.25, 0.3) is 0 Å². The summed E-state index contributed by atoms with van der Waals surface area (Å²) >= 11 is 1.77. The minimum Gasteiger partial charge on any atom is -0.363 e. The number of anilines is 1. The minimum absolute atomic E-state index is 0.629. The van der Waals surface area contributed by atoms with Crippen molar-refractivity contribution >= 4 is 17.6 Å². The Morgan fingerprint density at radius 3 is 2.27 bits per heavy atom. The Morgan fingerprint density at radius 1 is 1.18 bits per heavy atom. The highest BCUT2D eigenvalue weighted by molar-refractivity contribution is 7.98. The monoisotopic (exact) mass is 345 g/mol. The van der Waals surface area contributed by atoms with Crippen LogP contribution in [0.5, 0.6) is 0 Å². The van der Waals surface area contributed by atoms with Gasteiger partial charge in [-0.2, -0.15) is 0 Å². The predicted molar refractivity (Wildman–Crippen MR) is 70.6 cm³/mol. The summed E-state index contributed by atoms with van der Waals surface area (Å²) in [5.74, 6) is 2.40. The van der Waals surface area contributed by atoms with Crippen LogP contribution in [-0.2, 0) is 12.8 Å². The standard InChI is InChI=1S/C13H15N3S.ClHO4/c1-10-15-13(14)11(8-16(10)2)9-17-12-6-4-3-5-7-12;2-1(3,4)5/h3-8,14H,9H2,1-2H3;(H,2,3,4,5). The lowest BCUT2D eigenvalue weighted by molar-refractivity contribution is -2.00. The van der Waals surface area contributed by atoms with Gasteiger partial charge in [-0.3, -0.25) is 0 Å². The highest BCUT2D eigenvalue weighted by atomic mass is 35.7. The van der Waals surface area contributed by atoms with Gasteiger partial charge in [0.1, 0.15) is 6.20 Å². The van der Waals surface area contributed by atoms with Gasteiger partial charge in [0.25, 0.3) is 5.82 Å². The molecular formula is C13H16ClN3O4S. The van der Waals surface area contributed by atoms with Crippen molar-refractivity contribution in [2.24, 2.45) is 7.05 Å². The molecule has 0 saturated heterocycles. The first-order chi connectivity index (χ1) is 10.2. The van der Waals surface area contributed by atoms with Crippen LogP contribution in [0.4, 0.5) is 5.82 Å². The number of nitrogen functional groups attached to an aromatic ring is 1. The van der Waals surface area contributed by atoms with Crippen LogP contribution < -0.4 is 28.9 Å². The van der Waals surface area contributed by atoms with E-state index in [0.29, 0.717) is 5.82 Å². The van der Waals surface area contributed by atoms with E-state index >= 15 is 0 Å². The quantitative estimate of drug-likeness (QED) is 0.473. The average Bonchev–Trinajstić information content (AvgIpc) is 2.41. The number of halogens is 1. The van der Waals surface area contributed by atoms with Crippen LogP contribution in [0.1, 0.15) is 11.4 Å². The molecule has 0 aliphatic rings. The van der Waals surface area contributed by atoms with Crippen molar-refractivity contribution in [3.8, 4) is 0 Å². The van der Waals surface area contributed by atoms with Crippen molar-refractivity contribution in [1.82, 2.24) is 4.98 Å².